The van der Waals surface area contributed by atoms with Gasteiger partial charge in [-0.2, -0.15) is 8.78 Å². The summed E-state index contributed by atoms with van der Waals surface area (Å²) < 4.78 is 53.1. The van der Waals surface area contributed by atoms with Crippen molar-refractivity contribution in [2.24, 2.45) is 0 Å². The highest BCUT2D eigenvalue weighted by molar-refractivity contribution is 6.06. The predicted octanol–water partition coefficient (Wildman–Crippen LogP) is -1.32. The van der Waals surface area contributed by atoms with E-state index in [1.807, 2.05) is 10.6 Å². The molecule has 0 atom stereocenters. The lowest BCUT2D eigenvalue weighted by Gasteiger charge is -2.20. The second-order valence-corrected chi connectivity index (χ2v) is 4.30. The van der Waals surface area contributed by atoms with Crippen molar-refractivity contribution in [2.75, 3.05) is 39.3 Å². The summed E-state index contributed by atoms with van der Waals surface area (Å²) in [6.07, 6.45) is 0. The Morgan fingerprint density at radius 1 is 0.750 bits per heavy atom. The molecule has 0 aromatic rings. The number of hydrogen-bond donors (Lipinski definition) is 4. The van der Waals surface area contributed by atoms with Gasteiger partial charge in [0.1, 0.15) is 0 Å². The summed E-state index contributed by atoms with van der Waals surface area (Å²) in [7, 11) is 0. The fourth-order valence-electron chi connectivity index (χ4n) is 1.46. The molecule has 0 bridgehead atoms. The van der Waals surface area contributed by atoms with E-state index in [0.29, 0.717) is 0 Å². The third kappa shape index (κ3) is 4.93. The van der Waals surface area contributed by atoms with Crippen molar-refractivity contribution in [3.05, 3.63) is 0 Å². The van der Waals surface area contributed by atoms with E-state index in [2.05, 4.69) is 10.6 Å². The summed E-state index contributed by atoms with van der Waals surface area (Å²) in [6, 6.07) is 0. The van der Waals surface area contributed by atoms with Crippen LogP contribution in [0.1, 0.15) is 0 Å². The highest BCUT2D eigenvalue weighted by atomic mass is 19.3. The number of hydrogen-bond acceptors (Lipinski definition) is 4. The van der Waals surface area contributed by atoms with Crippen LogP contribution in [0.15, 0.2) is 0 Å². The molecule has 1 fully saturated rings. The summed E-state index contributed by atoms with van der Waals surface area (Å²) in [4.78, 5) is 22.3. The average molecular weight is 300 g/mol. The molecule has 116 valence electrons. The van der Waals surface area contributed by atoms with E-state index in [9.17, 15) is 27.2 Å². The fourth-order valence-corrected chi connectivity index (χ4v) is 1.46. The molecule has 1 heterocycles. The molecule has 0 saturated carbocycles. The van der Waals surface area contributed by atoms with Crippen LogP contribution in [0, 0.1) is 0 Å². The second-order valence-electron chi connectivity index (χ2n) is 4.30. The lowest BCUT2D eigenvalue weighted by molar-refractivity contribution is -0.159. The van der Waals surface area contributed by atoms with Crippen LogP contribution < -0.4 is 21.3 Å². The van der Waals surface area contributed by atoms with E-state index in [-0.39, 0.29) is 26.2 Å². The van der Waals surface area contributed by atoms with Crippen molar-refractivity contribution in [3.8, 4) is 0 Å². The Bertz CT molecular complexity index is 335. The Hall–Kier alpha value is -1.42. The molecule has 0 unspecified atom stereocenters. The van der Waals surface area contributed by atoms with Crippen LogP contribution in [0.5, 0.6) is 0 Å². The minimum Gasteiger partial charge on any atom is -0.349 e. The van der Waals surface area contributed by atoms with Crippen LogP contribution >= 0.6 is 0 Å². The first-order valence-electron chi connectivity index (χ1n) is 5.99. The van der Waals surface area contributed by atoms with Gasteiger partial charge < -0.3 is 21.3 Å². The Morgan fingerprint density at radius 2 is 1.15 bits per heavy atom. The molecule has 6 nitrogen and oxygen atoms in total. The number of alkyl halides is 4. The van der Waals surface area contributed by atoms with E-state index >= 15 is 0 Å². The molecule has 1 aliphatic heterocycles. The zero-order chi connectivity index (χ0) is 15.2. The molecule has 0 aromatic carbocycles. The van der Waals surface area contributed by atoms with E-state index in [1.165, 1.54) is 0 Å². The molecule has 4 N–H and O–H groups in total. The van der Waals surface area contributed by atoms with Gasteiger partial charge in [0, 0.05) is 26.2 Å². The normalized spacial score (nSPS) is 25.2. The van der Waals surface area contributed by atoms with Gasteiger partial charge in [0.05, 0.1) is 13.1 Å². The SMILES string of the molecule is O=C1NCCNCC(F)(F)CNCCNC(=O)C1(F)F. The average Bonchev–Trinajstić information content (AvgIpc) is 2.36. The van der Waals surface area contributed by atoms with E-state index in [1.54, 1.807) is 0 Å². The number of carbonyl (C=O) groups is 2. The molecule has 20 heavy (non-hydrogen) atoms. The molecule has 2 amide bonds. The summed E-state index contributed by atoms with van der Waals surface area (Å²) in [5.41, 5.74) is 0. The molecule has 0 aromatic heterocycles. The standard InChI is InChI=1S/C10H16F4N4O2/c11-9(12)5-15-1-3-17-7(19)10(13,14)8(20)18-4-2-16-6-9/h15-16H,1-6H2,(H,17,19)(H,18,20). The second kappa shape index (κ2) is 6.84. The molecule has 1 saturated heterocycles. The summed E-state index contributed by atoms with van der Waals surface area (Å²) in [5.74, 6) is -10.7. The van der Waals surface area contributed by atoms with Crippen LogP contribution in [0.2, 0.25) is 0 Å². The Morgan fingerprint density at radius 3 is 1.55 bits per heavy atom. The van der Waals surface area contributed by atoms with Gasteiger partial charge in [-0.15, -0.1) is 0 Å². The van der Waals surface area contributed by atoms with Gasteiger partial charge in [0.15, 0.2) is 0 Å². The van der Waals surface area contributed by atoms with Crippen molar-refractivity contribution in [3.63, 3.8) is 0 Å². The minimum absolute atomic E-state index is 0.112. The van der Waals surface area contributed by atoms with Crippen molar-refractivity contribution < 1.29 is 27.2 Å². The summed E-state index contributed by atoms with van der Waals surface area (Å²) in [5, 5.41) is 8.30. The summed E-state index contributed by atoms with van der Waals surface area (Å²) in [6.45, 7) is -2.08. The van der Waals surface area contributed by atoms with E-state index < -0.39 is 36.7 Å². The Kier molecular flexibility index (Phi) is 5.69. The largest absolute Gasteiger partial charge is 0.400 e. The van der Waals surface area contributed by atoms with Crippen molar-refractivity contribution in [1.82, 2.24) is 21.3 Å². The summed E-state index contributed by atoms with van der Waals surface area (Å²) >= 11 is 0. The van der Waals surface area contributed by atoms with Crippen LogP contribution in [-0.2, 0) is 9.59 Å². The molecular weight excluding hydrogens is 284 g/mol. The van der Waals surface area contributed by atoms with Gasteiger partial charge in [-0.3, -0.25) is 9.59 Å². The maximum atomic E-state index is 13.3. The van der Waals surface area contributed by atoms with E-state index in [0.717, 1.165) is 0 Å². The van der Waals surface area contributed by atoms with Crippen LogP contribution in [0.25, 0.3) is 0 Å². The molecule has 0 spiro atoms. The van der Waals surface area contributed by atoms with Gasteiger partial charge in [0.2, 0.25) is 0 Å². The topological polar surface area (TPSA) is 82.3 Å². The third-order valence-corrected chi connectivity index (χ3v) is 2.51. The maximum absolute atomic E-state index is 13.3. The van der Waals surface area contributed by atoms with Crippen molar-refractivity contribution in [2.45, 2.75) is 11.8 Å². The highest BCUT2D eigenvalue weighted by Gasteiger charge is 2.46. The van der Waals surface area contributed by atoms with Crippen LogP contribution in [-0.4, -0.2) is 62.9 Å². The zero-order valence-electron chi connectivity index (χ0n) is 10.6. The van der Waals surface area contributed by atoms with Crippen LogP contribution in [0.4, 0.5) is 17.6 Å². The number of amides is 2. The number of nitrogens with one attached hydrogen (secondary N) is 4. The van der Waals surface area contributed by atoms with Crippen LogP contribution in [0.3, 0.4) is 0 Å². The number of halogens is 4. The van der Waals surface area contributed by atoms with Gasteiger partial charge in [-0.25, -0.2) is 8.78 Å². The molecular formula is C10H16F4N4O2. The fraction of sp³-hybridized carbons (Fsp3) is 0.800. The first-order chi connectivity index (χ1) is 9.26. The molecule has 1 aliphatic rings. The van der Waals surface area contributed by atoms with Gasteiger partial charge in [-0.05, 0) is 0 Å². The highest BCUT2D eigenvalue weighted by Crippen LogP contribution is 2.13. The molecule has 0 aliphatic carbocycles. The number of rotatable bonds is 0. The molecule has 1 rings (SSSR count). The lowest BCUT2D eigenvalue weighted by atomic mass is 10.2. The minimum atomic E-state index is -4.19. The quantitative estimate of drug-likeness (QED) is 0.330. The number of carbonyl (C=O) groups excluding carboxylic acids is 2. The van der Waals surface area contributed by atoms with E-state index in [4.69, 9.17) is 0 Å². The molecule has 10 heteroatoms. The predicted molar refractivity (Wildman–Crippen MR) is 61.7 cm³/mol. The monoisotopic (exact) mass is 300 g/mol. The first-order valence-corrected chi connectivity index (χ1v) is 5.99. The van der Waals surface area contributed by atoms with Crippen molar-refractivity contribution >= 4 is 11.8 Å². The lowest BCUT2D eigenvalue weighted by Crippen LogP contribution is -2.54. The van der Waals surface area contributed by atoms with Gasteiger partial charge >= 0.3 is 17.7 Å². The third-order valence-electron chi connectivity index (χ3n) is 2.51. The zero-order valence-corrected chi connectivity index (χ0v) is 10.6. The maximum Gasteiger partial charge on any atom is 0.400 e. The smallest absolute Gasteiger partial charge is 0.349 e. The van der Waals surface area contributed by atoms with Crippen molar-refractivity contribution in [1.29, 1.82) is 0 Å². The molecule has 0 radical (unpaired) electrons. The van der Waals surface area contributed by atoms with Gasteiger partial charge in [0.25, 0.3) is 5.92 Å². The van der Waals surface area contributed by atoms with Gasteiger partial charge in [-0.1, -0.05) is 0 Å². The Labute approximate surface area is 112 Å². The first kappa shape index (κ1) is 16.6. The Balaban J connectivity index is 2.62.